The molecule has 1 heterocycles. The molecular weight excluding hydrogens is 464 g/mol. The van der Waals surface area contributed by atoms with Crippen LogP contribution in [0.5, 0.6) is 5.75 Å². The summed E-state index contributed by atoms with van der Waals surface area (Å²) in [6.45, 7) is 3.77. The van der Waals surface area contributed by atoms with Gasteiger partial charge in [0, 0.05) is 5.02 Å². The van der Waals surface area contributed by atoms with Gasteiger partial charge in [-0.3, -0.25) is 0 Å². The summed E-state index contributed by atoms with van der Waals surface area (Å²) in [5, 5.41) is 56.8. The topological polar surface area (TPSA) is 140 Å². The molecule has 1 aliphatic rings. The molecule has 2 aromatic rings. The molecule has 0 spiro atoms. The summed E-state index contributed by atoms with van der Waals surface area (Å²) in [6, 6.07) is 12.9. The Labute approximate surface area is 205 Å². The summed E-state index contributed by atoms with van der Waals surface area (Å²) in [4.78, 5) is 0. The Morgan fingerprint density at radius 2 is 1.65 bits per heavy atom. The highest BCUT2D eigenvalue weighted by molar-refractivity contribution is 6.31. The molecule has 0 amide bonds. The van der Waals surface area contributed by atoms with Crippen molar-refractivity contribution in [3.63, 3.8) is 0 Å². The van der Waals surface area contributed by atoms with E-state index >= 15 is 0 Å². The third-order valence-corrected chi connectivity index (χ3v) is 5.97. The number of benzene rings is 2. The van der Waals surface area contributed by atoms with Crippen LogP contribution in [0.15, 0.2) is 42.5 Å². The van der Waals surface area contributed by atoms with Gasteiger partial charge < -0.3 is 40.1 Å². The van der Waals surface area contributed by atoms with Crippen LogP contribution in [0.2, 0.25) is 5.02 Å². The van der Waals surface area contributed by atoms with E-state index in [1.807, 2.05) is 44.2 Å². The molecule has 2 aromatic carbocycles. The van der Waals surface area contributed by atoms with Crippen molar-refractivity contribution < 1.29 is 40.1 Å². The van der Waals surface area contributed by atoms with E-state index in [0.29, 0.717) is 30.0 Å². The zero-order valence-corrected chi connectivity index (χ0v) is 20.2. The van der Waals surface area contributed by atoms with Crippen LogP contribution in [-0.2, 0) is 11.2 Å². The Balaban J connectivity index is 0.000000604. The van der Waals surface area contributed by atoms with E-state index in [-0.39, 0.29) is 6.61 Å². The molecular formula is C25H35ClO8. The van der Waals surface area contributed by atoms with Gasteiger partial charge in [0.15, 0.2) is 0 Å². The van der Waals surface area contributed by atoms with Crippen LogP contribution in [0.4, 0.5) is 0 Å². The highest BCUT2D eigenvalue weighted by Crippen LogP contribution is 2.34. The fraction of sp³-hybridized carbons (Fsp3) is 0.520. The van der Waals surface area contributed by atoms with Crippen LogP contribution < -0.4 is 4.74 Å². The van der Waals surface area contributed by atoms with Crippen LogP contribution in [0.3, 0.4) is 0 Å². The van der Waals surface area contributed by atoms with Gasteiger partial charge in [-0.25, -0.2) is 0 Å². The maximum absolute atomic E-state index is 10.3. The standard InChI is InChI=1S/C21H25ClO6.C4H10O2/c1-2-27-15-6-3-12(4-7-15)9-14-10-13(5-8-16(14)22)21-20(26)19(25)18(24)17(11-23)28-21;1-2-4(6)3-5/h3-8,10,17-21,23-26H,2,9,11H2,1H3;4-6H,2-3H2,1H3. The summed E-state index contributed by atoms with van der Waals surface area (Å²) in [5.74, 6) is 0.799. The van der Waals surface area contributed by atoms with Crippen LogP contribution >= 0.6 is 11.6 Å². The zero-order chi connectivity index (χ0) is 25.3. The van der Waals surface area contributed by atoms with Gasteiger partial charge in [-0.05, 0) is 54.7 Å². The van der Waals surface area contributed by atoms with Gasteiger partial charge in [-0.15, -0.1) is 0 Å². The van der Waals surface area contributed by atoms with Gasteiger partial charge in [0.2, 0.25) is 0 Å². The number of aliphatic hydroxyl groups excluding tert-OH is 6. The molecule has 0 radical (unpaired) electrons. The summed E-state index contributed by atoms with van der Waals surface area (Å²) in [5.41, 5.74) is 2.49. The monoisotopic (exact) mass is 498 g/mol. The van der Waals surface area contributed by atoms with Gasteiger partial charge in [0.1, 0.15) is 36.3 Å². The Hall–Kier alpha value is -1.75. The molecule has 0 saturated carbocycles. The first-order valence-corrected chi connectivity index (χ1v) is 11.7. The van der Waals surface area contributed by atoms with Crippen molar-refractivity contribution in [2.45, 2.75) is 63.3 Å². The highest BCUT2D eigenvalue weighted by Gasteiger charge is 2.44. The van der Waals surface area contributed by atoms with Crippen LogP contribution in [0.25, 0.3) is 0 Å². The summed E-state index contributed by atoms with van der Waals surface area (Å²) >= 11 is 6.35. The highest BCUT2D eigenvalue weighted by atomic mass is 35.5. The molecule has 6 unspecified atom stereocenters. The lowest BCUT2D eigenvalue weighted by molar-refractivity contribution is -0.231. The number of hydrogen-bond donors (Lipinski definition) is 6. The van der Waals surface area contributed by atoms with Crippen molar-refractivity contribution in [3.05, 3.63) is 64.2 Å². The van der Waals surface area contributed by atoms with Crippen molar-refractivity contribution in [3.8, 4) is 5.75 Å². The van der Waals surface area contributed by atoms with Gasteiger partial charge in [-0.1, -0.05) is 42.8 Å². The van der Waals surface area contributed by atoms with E-state index in [1.54, 1.807) is 12.1 Å². The lowest BCUT2D eigenvalue weighted by Gasteiger charge is -2.40. The molecule has 1 fully saturated rings. The molecule has 190 valence electrons. The second-order valence-corrected chi connectivity index (χ2v) is 8.51. The van der Waals surface area contributed by atoms with Gasteiger partial charge in [0.25, 0.3) is 0 Å². The fourth-order valence-corrected chi connectivity index (χ4v) is 3.69. The molecule has 3 rings (SSSR count). The first-order valence-electron chi connectivity index (χ1n) is 11.3. The lowest BCUT2D eigenvalue weighted by Crippen LogP contribution is -2.55. The first-order chi connectivity index (χ1) is 16.2. The minimum atomic E-state index is -1.42. The van der Waals surface area contributed by atoms with Crippen LogP contribution in [0.1, 0.15) is 43.1 Å². The average molecular weight is 499 g/mol. The second kappa shape index (κ2) is 14.0. The molecule has 0 aromatic heterocycles. The molecule has 6 N–H and O–H groups in total. The maximum Gasteiger partial charge on any atom is 0.119 e. The molecule has 1 aliphatic heterocycles. The number of hydrogen-bond acceptors (Lipinski definition) is 8. The number of rotatable bonds is 8. The van der Waals surface area contributed by atoms with Crippen LogP contribution in [0, 0.1) is 0 Å². The van der Waals surface area contributed by atoms with E-state index in [9.17, 15) is 20.4 Å². The minimum absolute atomic E-state index is 0.115. The Morgan fingerprint density at radius 3 is 2.18 bits per heavy atom. The van der Waals surface area contributed by atoms with E-state index in [1.165, 1.54) is 0 Å². The van der Waals surface area contributed by atoms with Crippen molar-refractivity contribution in [1.29, 1.82) is 0 Å². The van der Waals surface area contributed by atoms with Gasteiger partial charge in [0.05, 0.1) is 25.9 Å². The minimum Gasteiger partial charge on any atom is -0.494 e. The normalized spacial score (nSPS) is 25.3. The number of ether oxygens (including phenoxy) is 2. The molecule has 9 heteroatoms. The van der Waals surface area contributed by atoms with E-state index < -0.39 is 43.2 Å². The summed E-state index contributed by atoms with van der Waals surface area (Å²) in [6.07, 6.45) is -5.26. The fourth-order valence-electron chi connectivity index (χ4n) is 3.50. The maximum atomic E-state index is 10.3. The molecule has 0 aliphatic carbocycles. The van der Waals surface area contributed by atoms with Gasteiger partial charge in [-0.2, -0.15) is 0 Å². The SMILES string of the molecule is CCC(O)CO.CCOc1ccc(Cc2cc(C3OC(CO)C(O)C(O)C3O)ccc2Cl)cc1. The third kappa shape index (κ3) is 7.63. The number of halogens is 1. The Morgan fingerprint density at radius 1 is 0.971 bits per heavy atom. The Bertz CT molecular complexity index is 856. The predicted octanol–water partition coefficient (Wildman–Crippen LogP) is 1.59. The van der Waals surface area contributed by atoms with Crippen LogP contribution in [-0.4, -0.2) is 81.0 Å². The van der Waals surface area contributed by atoms with Crippen molar-refractivity contribution in [2.75, 3.05) is 19.8 Å². The summed E-state index contributed by atoms with van der Waals surface area (Å²) < 4.78 is 11.1. The molecule has 34 heavy (non-hydrogen) atoms. The molecule has 6 atom stereocenters. The predicted molar refractivity (Wildman–Crippen MR) is 128 cm³/mol. The third-order valence-electron chi connectivity index (χ3n) is 5.60. The second-order valence-electron chi connectivity index (χ2n) is 8.10. The number of aliphatic hydroxyl groups is 6. The van der Waals surface area contributed by atoms with E-state index in [2.05, 4.69) is 0 Å². The van der Waals surface area contributed by atoms with Crippen molar-refractivity contribution in [1.82, 2.24) is 0 Å². The quantitative estimate of drug-likeness (QED) is 0.322. The smallest absolute Gasteiger partial charge is 0.119 e. The first kappa shape index (κ1) is 28.5. The van der Waals surface area contributed by atoms with Crippen molar-refractivity contribution >= 4 is 11.6 Å². The molecule has 1 saturated heterocycles. The van der Waals surface area contributed by atoms with E-state index in [0.717, 1.165) is 16.9 Å². The Kier molecular flexibility index (Phi) is 11.7. The average Bonchev–Trinajstić information content (AvgIpc) is 2.85. The van der Waals surface area contributed by atoms with Gasteiger partial charge >= 0.3 is 0 Å². The molecule has 8 nitrogen and oxygen atoms in total. The molecule has 0 bridgehead atoms. The summed E-state index contributed by atoms with van der Waals surface area (Å²) in [7, 11) is 0. The largest absolute Gasteiger partial charge is 0.494 e. The zero-order valence-electron chi connectivity index (χ0n) is 19.4. The van der Waals surface area contributed by atoms with E-state index in [4.69, 9.17) is 31.3 Å². The van der Waals surface area contributed by atoms with Crippen molar-refractivity contribution in [2.24, 2.45) is 0 Å². The lowest BCUT2D eigenvalue weighted by atomic mass is 9.90.